The highest BCUT2D eigenvalue weighted by molar-refractivity contribution is 7.99. The lowest BCUT2D eigenvalue weighted by molar-refractivity contribution is 0.590. The van der Waals surface area contributed by atoms with Gasteiger partial charge < -0.3 is 14.7 Å². The molecule has 5 heteroatoms. The minimum atomic E-state index is -0.602. The van der Waals surface area contributed by atoms with Crippen LogP contribution in [0, 0.1) is 0 Å². The fourth-order valence-corrected chi connectivity index (χ4v) is 17.3. The fourth-order valence-electron chi connectivity index (χ4n) is 16.1. The lowest BCUT2D eigenvalue weighted by atomic mass is 9.33. The molecular weight excluding hydrogens is 1180 g/mol. The third-order valence-corrected chi connectivity index (χ3v) is 22.0. The highest BCUT2D eigenvalue weighted by Gasteiger charge is 2.53. The quantitative estimate of drug-likeness (QED) is 0.140. The molecule has 1 spiro atoms. The number of anilines is 9. The van der Waals surface area contributed by atoms with Crippen LogP contribution in [0.15, 0.2) is 307 Å². The normalized spacial score (nSPS) is 13.9. The van der Waals surface area contributed by atoms with Crippen molar-refractivity contribution in [3.05, 3.63) is 336 Å². The molecule has 3 aliphatic heterocycles. The monoisotopic (exact) mass is 1250 g/mol. The van der Waals surface area contributed by atoms with Crippen LogP contribution in [-0.2, 0) is 21.7 Å². The predicted octanol–water partition coefficient (Wildman–Crippen LogP) is 23.0. The van der Waals surface area contributed by atoms with Crippen molar-refractivity contribution in [2.24, 2.45) is 0 Å². The molecule has 17 rings (SSSR count). The molecule has 0 atom stereocenters. The van der Waals surface area contributed by atoms with E-state index in [1.165, 1.54) is 110 Å². The van der Waals surface area contributed by atoms with E-state index in [0.717, 1.165) is 50.9 Å². The molecule has 0 saturated carbocycles. The largest absolute Gasteiger partial charge is 0.311 e. The number of fused-ring (bicyclic) bond motifs is 13. The molecule has 0 bridgehead atoms. The van der Waals surface area contributed by atoms with Crippen molar-refractivity contribution >= 4 is 86.0 Å². The van der Waals surface area contributed by atoms with Crippen LogP contribution in [0.2, 0.25) is 0 Å². The summed E-state index contributed by atoms with van der Waals surface area (Å²) in [4.78, 5) is 10.4. The molecule has 0 N–H and O–H groups in total. The number of rotatable bonds is 8. The van der Waals surface area contributed by atoms with Crippen LogP contribution in [0.25, 0.3) is 44.5 Å². The minimum Gasteiger partial charge on any atom is -0.311 e. The molecule has 0 unspecified atom stereocenters. The summed E-state index contributed by atoms with van der Waals surface area (Å²) in [6.07, 6.45) is 0. The van der Waals surface area contributed by atoms with Gasteiger partial charge in [0.2, 0.25) is 0 Å². The average Bonchev–Trinajstić information content (AvgIpc) is 1.32. The molecule has 4 aliphatic rings. The maximum atomic E-state index is 2.69. The first-order valence-electron chi connectivity index (χ1n) is 34.0. The van der Waals surface area contributed by atoms with E-state index in [2.05, 4.69) is 374 Å². The van der Waals surface area contributed by atoms with Crippen LogP contribution < -0.4 is 31.1 Å². The number of benzene rings is 13. The molecule has 0 amide bonds. The van der Waals surface area contributed by atoms with E-state index in [0.29, 0.717) is 0 Å². The molecule has 1 aliphatic carbocycles. The van der Waals surface area contributed by atoms with Gasteiger partial charge in [-0.15, -0.1) is 0 Å². The predicted molar refractivity (Wildman–Crippen MR) is 409 cm³/mol. The number of para-hydroxylation sites is 1. The Bertz CT molecular complexity index is 5180. The molecule has 13 aromatic carbocycles. The zero-order chi connectivity index (χ0) is 65.4. The summed E-state index contributed by atoms with van der Waals surface area (Å²) in [7, 11) is 0. The van der Waals surface area contributed by atoms with Crippen molar-refractivity contribution in [2.75, 3.05) is 14.7 Å². The summed E-state index contributed by atoms with van der Waals surface area (Å²) in [6, 6.07) is 114. The Morgan fingerprint density at radius 3 is 1.29 bits per heavy atom. The summed E-state index contributed by atoms with van der Waals surface area (Å²) in [5.41, 5.74) is 31.9. The van der Waals surface area contributed by atoms with Crippen LogP contribution in [0.3, 0.4) is 0 Å². The highest BCUT2D eigenvalue weighted by atomic mass is 32.2. The van der Waals surface area contributed by atoms with Crippen LogP contribution in [0.1, 0.15) is 101 Å². The molecule has 96 heavy (non-hydrogen) atoms. The highest BCUT2D eigenvalue weighted by Crippen LogP contribution is 2.63. The Morgan fingerprint density at radius 1 is 0.302 bits per heavy atom. The Kier molecular flexibility index (Phi) is 13.9. The zero-order valence-electron chi connectivity index (χ0n) is 56.1. The fraction of sp³-hybridized carbons (Fsp3) is 0.143. The molecule has 0 aromatic heterocycles. The molecule has 0 radical (unpaired) electrons. The summed E-state index contributed by atoms with van der Waals surface area (Å²) in [5.74, 6) is 0. The van der Waals surface area contributed by atoms with Crippen molar-refractivity contribution in [1.82, 2.24) is 0 Å². The molecule has 13 aromatic rings. The van der Waals surface area contributed by atoms with Gasteiger partial charge in [0.05, 0.1) is 22.5 Å². The molecule has 3 heterocycles. The Morgan fingerprint density at radius 2 is 0.750 bits per heavy atom. The second-order valence-corrected chi connectivity index (χ2v) is 30.7. The Labute approximate surface area is 571 Å². The van der Waals surface area contributed by atoms with Gasteiger partial charge >= 0.3 is 0 Å². The van der Waals surface area contributed by atoms with Crippen LogP contribution in [-0.4, -0.2) is 6.71 Å². The van der Waals surface area contributed by atoms with E-state index in [-0.39, 0.29) is 23.0 Å². The number of hydrogen-bond donors (Lipinski definition) is 0. The third-order valence-electron chi connectivity index (χ3n) is 20.8. The van der Waals surface area contributed by atoms with Gasteiger partial charge in [-0.2, -0.15) is 0 Å². The smallest absolute Gasteiger partial charge is 0.252 e. The van der Waals surface area contributed by atoms with Crippen molar-refractivity contribution in [3.63, 3.8) is 0 Å². The second kappa shape index (κ2) is 22.4. The van der Waals surface area contributed by atoms with Crippen molar-refractivity contribution in [3.8, 4) is 44.5 Å². The van der Waals surface area contributed by atoms with E-state index >= 15 is 0 Å². The average molecular weight is 1250 g/mol. The first-order valence-corrected chi connectivity index (χ1v) is 34.8. The standard InChI is InChI=1S/C91H76BN3S/c1-88(2,3)62-44-48-65(49-45-62)93(78-39-24-20-34-67(78)59-28-13-10-14-29-59)66-50-51-76-83(56-66)94(79-52-46-63(89(4,5)6)54-69(79)60-30-15-11-16-31-60)81-40-27-41-82-87(81)92(76)77-58-75-71(57-84(77)95(82)80-53-47-64(90(7,8)9)55-70(80)61-32-17-12-18-33-61)68-35-19-21-36-72(68)91(75)73-37-22-25-42-85(73)96-86-43-26-23-38-74(86)91/h10-58H,1-9H3. The van der Waals surface area contributed by atoms with Gasteiger partial charge in [0.25, 0.3) is 6.71 Å². The van der Waals surface area contributed by atoms with Gasteiger partial charge in [-0.1, -0.05) is 286 Å². The maximum absolute atomic E-state index is 2.69. The summed E-state index contributed by atoms with van der Waals surface area (Å²) in [6.45, 7) is 20.7. The van der Waals surface area contributed by atoms with Gasteiger partial charge in [0, 0.05) is 60.6 Å². The van der Waals surface area contributed by atoms with E-state index in [1.54, 1.807) is 0 Å². The van der Waals surface area contributed by atoms with Crippen molar-refractivity contribution < 1.29 is 0 Å². The van der Waals surface area contributed by atoms with Crippen LogP contribution >= 0.6 is 11.8 Å². The number of hydrogen-bond acceptors (Lipinski definition) is 4. The third kappa shape index (κ3) is 9.40. The first kappa shape index (κ1) is 59.4. The van der Waals surface area contributed by atoms with Crippen LogP contribution in [0.4, 0.5) is 51.2 Å². The van der Waals surface area contributed by atoms with Gasteiger partial charge in [-0.3, -0.25) is 0 Å². The lowest BCUT2D eigenvalue weighted by Gasteiger charge is -2.46. The zero-order valence-corrected chi connectivity index (χ0v) is 56.9. The van der Waals surface area contributed by atoms with Crippen molar-refractivity contribution in [1.29, 1.82) is 0 Å². The van der Waals surface area contributed by atoms with E-state index in [1.807, 2.05) is 11.8 Å². The minimum absolute atomic E-state index is 0.0288. The number of nitrogens with zero attached hydrogens (tertiary/aromatic N) is 3. The Balaban J connectivity index is 1.01. The van der Waals surface area contributed by atoms with Crippen LogP contribution in [0.5, 0.6) is 0 Å². The summed E-state index contributed by atoms with van der Waals surface area (Å²) in [5, 5.41) is 0. The SMILES string of the molecule is CC(C)(C)c1ccc(N(c2ccc3c(c2)N(c2ccc(C(C)(C)C)cc2-c2ccccc2)c2cccc4c2B3c2cc3c(cc2N4c2ccc(C(C)(C)C)cc2-c2ccccc2)-c2ccccc2C32c3ccccc3Sc3ccccc32)c2ccccc2-c2ccccc2)cc1. The molecule has 464 valence electrons. The molecular formula is C91H76BN3S. The van der Waals surface area contributed by atoms with E-state index in [4.69, 9.17) is 0 Å². The van der Waals surface area contributed by atoms with E-state index in [9.17, 15) is 0 Å². The second-order valence-electron chi connectivity index (χ2n) is 29.6. The lowest BCUT2D eigenvalue weighted by Crippen LogP contribution is -2.61. The topological polar surface area (TPSA) is 9.72 Å². The van der Waals surface area contributed by atoms with E-state index < -0.39 is 5.41 Å². The summed E-state index contributed by atoms with van der Waals surface area (Å²) < 4.78 is 0. The van der Waals surface area contributed by atoms with Crippen molar-refractivity contribution in [2.45, 2.75) is 93.8 Å². The summed E-state index contributed by atoms with van der Waals surface area (Å²) >= 11 is 1.90. The van der Waals surface area contributed by atoms with Gasteiger partial charge in [0.1, 0.15) is 0 Å². The molecule has 0 fully saturated rings. The van der Waals surface area contributed by atoms with Gasteiger partial charge in [-0.25, -0.2) is 0 Å². The maximum Gasteiger partial charge on any atom is 0.252 e. The first-order chi connectivity index (χ1) is 46.5. The molecule has 3 nitrogen and oxygen atoms in total. The van der Waals surface area contributed by atoms with Gasteiger partial charge in [-0.05, 0) is 184 Å². The Hall–Kier alpha value is -10.3. The van der Waals surface area contributed by atoms with Gasteiger partial charge in [0.15, 0.2) is 0 Å². The molecule has 0 saturated heterocycles.